The van der Waals surface area contributed by atoms with Gasteiger partial charge in [-0.2, -0.15) is 0 Å². The summed E-state index contributed by atoms with van der Waals surface area (Å²) in [4.78, 5) is 0. The van der Waals surface area contributed by atoms with E-state index < -0.39 is 0 Å². The van der Waals surface area contributed by atoms with E-state index in [1.807, 2.05) is 0 Å². The molecule has 1 aromatic heterocycles. The molecule has 0 radical (unpaired) electrons. The Labute approximate surface area is 112 Å². The van der Waals surface area contributed by atoms with Crippen LogP contribution in [-0.2, 0) is 11.3 Å². The van der Waals surface area contributed by atoms with Gasteiger partial charge in [0.1, 0.15) is 0 Å². The summed E-state index contributed by atoms with van der Waals surface area (Å²) in [6.07, 6.45) is 7.01. The first-order chi connectivity index (χ1) is 8.67. The fraction of sp³-hybridized carbons (Fsp3) is 0.733. The van der Waals surface area contributed by atoms with Crippen molar-refractivity contribution in [2.24, 2.45) is 0 Å². The fourth-order valence-corrected chi connectivity index (χ4v) is 2.01. The van der Waals surface area contributed by atoms with E-state index in [-0.39, 0.29) is 0 Å². The average Bonchev–Trinajstić information content (AvgIpc) is 2.78. The maximum atomic E-state index is 5.57. The molecule has 0 saturated carbocycles. The Balaban J connectivity index is 2.45. The van der Waals surface area contributed by atoms with Gasteiger partial charge in [-0.25, -0.2) is 0 Å². The number of ether oxygens (including phenoxy) is 1. The third-order valence-electron chi connectivity index (χ3n) is 3.03. The van der Waals surface area contributed by atoms with Crippen LogP contribution in [0.5, 0.6) is 0 Å². The molecule has 1 unspecified atom stereocenters. The zero-order valence-electron chi connectivity index (χ0n) is 12.3. The summed E-state index contributed by atoms with van der Waals surface area (Å²) < 4.78 is 7.79. The molecule has 0 aliphatic carbocycles. The number of aromatic nitrogens is 1. The molecule has 0 amide bonds. The van der Waals surface area contributed by atoms with Gasteiger partial charge >= 0.3 is 0 Å². The van der Waals surface area contributed by atoms with E-state index in [4.69, 9.17) is 4.74 Å². The molecule has 0 spiro atoms. The van der Waals surface area contributed by atoms with Crippen LogP contribution in [0.2, 0.25) is 0 Å². The van der Waals surface area contributed by atoms with Crippen molar-refractivity contribution < 1.29 is 4.74 Å². The minimum atomic E-state index is 0.314. The van der Waals surface area contributed by atoms with Crippen molar-refractivity contribution >= 4 is 0 Å². The first-order valence-corrected chi connectivity index (χ1v) is 7.18. The standard InChI is InChI=1S/C15H28N2O/c1-5-8-16-15(6-2)14-7-9-17(12-14)10-11-18-13(3)4/h7,9,12-13,15-16H,5-6,8,10-11H2,1-4H3. The van der Waals surface area contributed by atoms with E-state index in [1.165, 1.54) is 12.0 Å². The highest BCUT2D eigenvalue weighted by Crippen LogP contribution is 2.16. The van der Waals surface area contributed by atoms with Crippen molar-refractivity contribution in [3.8, 4) is 0 Å². The first-order valence-electron chi connectivity index (χ1n) is 7.18. The van der Waals surface area contributed by atoms with E-state index in [0.717, 1.165) is 26.1 Å². The molecular weight excluding hydrogens is 224 g/mol. The Morgan fingerprint density at radius 2 is 2.11 bits per heavy atom. The largest absolute Gasteiger partial charge is 0.377 e. The van der Waals surface area contributed by atoms with Crippen LogP contribution in [0.15, 0.2) is 18.5 Å². The second-order valence-corrected chi connectivity index (χ2v) is 5.02. The smallest absolute Gasteiger partial charge is 0.0648 e. The number of hydrogen-bond acceptors (Lipinski definition) is 2. The monoisotopic (exact) mass is 252 g/mol. The summed E-state index contributed by atoms with van der Waals surface area (Å²) in [7, 11) is 0. The quantitative estimate of drug-likeness (QED) is 0.729. The van der Waals surface area contributed by atoms with Crippen molar-refractivity contribution in [2.75, 3.05) is 13.2 Å². The summed E-state index contributed by atoms with van der Waals surface area (Å²) in [6, 6.07) is 2.70. The zero-order valence-corrected chi connectivity index (χ0v) is 12.3. The van der Waals surface area contributed by atoms with Gasteiger partial charge in [-0.1, -0.05) is 13.8 Å². The highest BCUT2D eigenvalue weighted by molar-refractivity contribution is 5.15. The Hall–Kier alpha value is -0.800. The van der Waals surface area contributed by atoms with Gasteiger partial charge in [0.15, 0.2) is 0 Å². The van der Waals surface area contributed by atoms with Gasteiger partial charge in [-0.15, -0.1) is 0 Å². The second kappa shape index (κ2) is 8.33. The van der Waals surface area contributed by atoms with Gasteiger partial charge in [-0.05, 0) is 44.9 Å². The predicted molar refractivity (Wildman–Crippen MR) is 76.8 cm³/mol. The van der Waals surface area contributed by atoms with Crippen molar-refractivity contribution in [2.45, 2.75) is 59.2 Å². The summed E-state index contributed by atoms with van der Waals surface area (Å²) in [5.41, 5.74) is 1.38. The lowest BCUT2D eigenvalue weighted by molar-refractivity contribution is 0.0728. The fourth-order valence-electron chi connectivity index (χ4n) is 2.01. The Morgan fingerprint density at radius 3 is 2.72 bits per heavy atom. The van der Waals surface area contributed by atoms with Crippen LogP contribution < -0.4 is 5.32 Å². The normalized spacial score (nSPS) is 13.2. The van der Waals surface area contributed by atoms with E-state index in [1.54, 1.807) is 0 Å². The SMILES string of the molecule is CCCNC(CC)c1ccn(CCOC(C)C)c1. The molecule has 0 fully saturated rings. The van der Waals surface area contributed by atoms with E-state index >= 15 is 0 Å². The van der Waals surface area contributed by atoms with Gasteiger partial charge in [0, 0.05) is 25.0 Å². The lowest BCUT2D eigenvalue weighted by atomic mass is 10.1. The van der Waals surface area contributed by atoms with Gasteiger partial charge in [0.2, 0.25) is 0 Å². The van der Waals surface area contributed by atoms with Crippen molar-refractivity contribution in [1.29, 1.82) is 0 Å². The summed E-state index contributed by atoms with van der Waals surface area (Å²) in [5.74, 6) is 0. The van der Waals surface area contributed by atoms with Crippen LogP contribution in [0.25, 0.3) is 0 Å². The summed E-state index contributed by atoms with van der Waals surface area (Å²) >= 11 is 0. The number of nitrogens with one attached hydrogen (secondary N) is 1. The topological polar surface area (TPSA) is 26.2 Å². The number of rotatable bonds is 9. The molecule has 1 atom stereocenters. The molecule has 3 heteroatoms. The molecule has 0 aliphatic rings. The zero-order chi connectivity index (χ0) is 13.4. The van der Waals surface area contributed by atoms with Crippen molar-refractivity contribution in [3.05, 3.63) is 24.0 Å². The maximum absolute atomic E-state index is 5.57. The maximum Gasteiger partial charge on any atom is 0.0648 e. The Kier molecular flexibility index (Phi) is 7.06. The van der Waals surface area contributed by atoms with E-state index in [9.17, 15) is 0 Å². The third-order valence-corrected chi connectivity index (χ3v) is 3.03. The van der Waals surface area contributed by atoms with Gasteiger partial charge < -0.3 is 14.6 Å². The highest BCUT2D eigenvalue weighted by Gasteiger charge is 2.09. The average molecular weight is 252 g/mol. The lowest BCUT2D eigenvalue weighted by Gasteiger charge is -2.15. The summed E-state index contributed by atoms with van der Waals surface area (Å²) in [6.45, 7) is 11.4. The minimum Gasteiger partial charge on any atom is -0.377 e. The Morgan fingerprint density at radius 1 is 1.33 bits per heavy atom. The molecule has 1 heterocycles. The lowest BCUT2D eigenvalue weighted by Crippen LogP contribution is -2.21. The summed E-state index contributed by atoms with van der Waals surface area (Å²) in [5, 5.41) is 3.58. The van der Waals surface area contributed by atoms with Crippen LogP contribution in [0.3, 0.4) is 0 Å². The molecule has 1 rings (SSSR count). The molecular formula is C15H28N2O. The minimum absolute atomic E-state index is 0.314. The molecule has 1 aromatic rings. The molecule has 0 saturated heterocycles. The van der Waals surface area contributed by atoms with Crippen LogP contribution >= 0.6 is 0 Å². The molecule has 3 nitrogen and oxygen atoms in total. The molecule has 0 bridgehead atoms. The van der Waals surface area contributed by atoms with Crippen LogP contribution in [0, 0.1) is 0 Å². The van der Waals surface area contributed by atoms with Gasteiger partial charge in [-0.3, -0.25) is 0 Å². The Bertz CT molecular complexity index is 320. The van der Waals surface area contributed by atoms with E-state index in [2.05, 4.69) is 56.0 Å². The highest BCUT2D eigenvalue weighted by atomic mass is 16.5. The van der Waals surface area contributed by atoms with E-state index in [0.29, 0.717) is 12.1 Å². The van der Waals surface area contributed by atoms with Gasteiger partial charge in [0.25, 0.3) is 0 Å². The number of hydrogen-bond donors (Lipinski definition) is 1. The number of nitrogens with zero attached hydrogens (tertiary/aromatic N) is 1. The van der Waals surface area contributed by atoms with Crippen molar-refractivity contribution in [3.63, 3.8) is 0 Å². The van der Waals surface area contributed by atoms with Crippen LogP contribution in [0.4, 0.5) is 0 Å². The molecule has 1 N–H and O–H groups in total. The predicted octanol–water partition coefficient (Wildman–Crippen LogP) is 3.36. The first kappa shape index (κ1) is 15.3. The van der Waals surface area contributed by atoms with Gasteiger partial charge in [0.05, 0.1) is 12.7 Å². The van der Waals surface area contributed by atoms with Crippen LogP contribution in [0.1, 0.15) is 52.1 Å². The molecule has 18 heavy (non-hydrogen) atoms. The second-order valence-electron chi connectivity index (χ2n) is 5.02. The van der Waals surface area contributed by atoms with Crippen molar-refractivity contribution in [1.82, 2.24) is 9.88 Å². The van der Waals surface area contributed by atoms with Crippen LogP contribution in [-0.4, -0.2) is 23.8 Å². The molecule has 0 aromatic carbocycles. The molecule has 104 valence electrons. The molecule has 0 aliphatic heterocycles. The third kappa shape index (κ3) is 5.23.